The van der Waals surface area contributed by atoms with Crippen LogP contribution in [0, 0.1) is 11.3 Å². The van der Waals surface area contributed by atoms with Gasteiger partial charge in [-0.25, -0.2) is 36.2 Å². The van der Waals surface area contributed by atoms with Crippen LogP contribution in [0.2, 0.25) is 0 Å². The first kappa shape index (κ1) is 28.4. The summed E-state index contributed by atoms with van der Waals surface area (Å²) in [5, 5.41) is 0.194. The second-order valence-corrected chi connectivity index (χ2v) is 14.4. The fraction of sp³-hybridized carbons (Fsp3) is 0.233. The SMILES string of the molecule is ClCCl.O=C1N(S(=O)(=O)c2ccc(Br)cc2)C[C@@]23[C@@H]([C@@H]4C=C[C@H]2n2c(=O)n(-c5ccccc5)c(=O)n24)[C@]13c1ccccc1. The van der Waals surface area contributed by atoms with E-state index < -0.39 is 50.2 Å². The molecule has 9 rings (SSSR count). The van der Waals surface area contributed by atoms with Crippen molar-refractivity contribution in [2.24, 2.45) is 11.3 Å². The zero-order valence-electron chi connectivity index (χ0n) is 22.3. The predicted molar refractivity (Wildman–Crippen MR) is 165 cm³/mol. The van der Waals surface area contributed by atoms with E-state index in [0.717, 1.165) is 13.3 Å². The van der Waals surface area contributed by atoms with Crippen LogP contribution in [-0.4, -0.2) is 44.4 Å². The second kappa shape index (κ2) is 9.82. The molecule has 3 aliphatic heterocycles. The van der Waals surface area contributed by atoms with Crippen molar-refractivity contribution in [2.75, 3.05) is 11.9 Å². The minimum atomic E-state index is -4.18. The Morgan fingerprint density at radius 2 is 1.40 bits per heavy atom. The van der Waals surface area contributed by atoms with Gasteiger partial charge in [0.25, 0.3) is 10.0 Å². The number of allylic oxidation sites excluding steroid dienone is 2. The number of benzene rings is 3. The third kappa shape index (κ3) is 3.50. The van der Waals surface area contributed by atoms with E-state index in [0.29, 0.717) is 11.3 Å². The average Bonchev–Trinajstić information content (AvgIpc) is 3.47. The summed E-state index contributed by atoms with van der Waals surface area (Å²) in [6, 6.07) is 22.8. The Morgan fingerprint density at radius 1 is 0.814 bits per heavy atom. The molecule has 3 aromatic carbocycles. The van der Waals surface area contributed by atoms with Crippen LogP contribution in [-0.2, 0) is 20.2 Å². The Hall–Kier alpha value is -3.38. The number of nitrogens with zero attached hydrogens (tertiary/aromatic N) is 4. The van der Waals surface area contributed by atoms with Gasteiger partial charge in [-0.15, -0.1) is 23.2 Å². The molecule has 2 bridgehead atoms. The van der Waals surface area contributed by atoms with E-state index in [1.807, 2.05) is 42.5 Å². The van der Waals surface area contributed by atoms with Crippen molar-refractivity contribution in [3.05, 3.63) is 128 Å². The third-order valence-corrected chi connectivity index (χ3v) is 11.5. The van der Waals surface area contributed by atoms with Crippen molar-refractivity contribution in [1.29, 1.82) is 0 Å². The van der Waals surface area contributed by atoms with Crippen LogP contribution in [0.1, 0.15) is 17.6 Å². The lowest BCUT2D eigenvalue weighted by Gasteiger charge is -2.39. The molecule has 220 valence electrons. The molecule has 0 N–H and O–H groups in total. The van der Waals surface area contributed by atoms with Crippen molar-refractivity contribution >= 4 is 55.1 Å². The van der Waals surface area contributed by atoms with Crippen LogP contribution in [0.3, 0.4) is 0 Å². The van der Waals surface area contributed by atoms with Crippen LogP contribution < -0.4 is 11.4 Å². The van der Waals surface area contributed by atoms with Gasteiger partial charge in [-0.2, -0.15) is 0 Å². The summed E-state index contributed by atoms with van der Waals surface area (Å²) in [5.74, 6) is -0.905. The zero-order chi connectivity index (χ0) is 30.3. The number of hydrogen-bond acceptors (Lipinski definition) is 5. The normalized spacial score (nSPS) is 27.7. The molecule has 0 radical (unpaired) electrons. The van der Waals surface area contributed by atoms with Crippen molar-refractivity contribution in [1.82, 2.24) is 18.2 Å². The maximum atomic E-state index is 14.5. The summed E-state index contributed by atoms with van der Waals surface area (Å²) >= 11 is 12.9. The van der Waals surface area contributed by atoms with Gasteiger partial charge in [-0.1, -0.05) is 76.6 Å². The number of amides is 1. The van der Waals surface area contributed by atoms with E-state index >= 15 is 0 Å². The van der Waals surface area contributed by atoms with Crippen molar-refractivity contribution in [3.8, 4) is 5.69 Å². The van der Waals surface area contributed by atoms with Crippen LogP contribution in [0.25, 0.3) is 5.69 Å². The highest BCUT2D eigenvalue weighted by atomic mass is 79.9. The van der Waals surface area contributed by atoms with E-state index in [1.54, 1.807) is 42.5 Å². The van der Waals surface area contributed by atoms with Gasteiger partial charge in [-0.05, 0) is 42.0 Å². The molecule has 9 nitrogen and oxygen atoms in total. The summed E-state index contributed by atoms with van der Waals surface area (Å²) in [4.78, 5) is 42.1. The minimum absolute atomic E-state index is 0.0160. The lowest BCUT2D eigenvalue weighted by atomic mass is 9.82. The number of carbonyl (C=O) groups is 1. The molecule has 13 heteroatoms. The van der Waals surface area contributed by atoms with Crippen molar-refractivity contribution in [2.45, 2.75) is 22.4 Å². The highest BCUT2D eigenvalue weighted by Gasteiger charge is 2.92. The molecule has 4 aromatic rings. The number of sulfonamides is 1. The number of rotatable bonds is 4. The molecule has 43 heavy (non-hydrogen) atoms. The quantitative estimate of drug-likeness (QED) is 0.231. The molecule has 2 aliphatic carbocycles. The Bertz CT molecular complexity index is 2030. The van der Waals surface area contributed by atoms with Gasteiger partial charge in [0.15, 0.2) is 0 Å². The molecule has 1 saturated heterocycles. The van der Waals surface area contributed by atoms with Gasteiger partial charge in [0, 0.05) is 22.4 Å². The van der Waals surface area contributed by atoms with Crippen LogP contribution in [0.15, 0.2) is 116 Å². The van der Waals surface area contributed by atoms with E-state index in [4.69, 9.17) is 23.2 Å². The van der Waals surface area contributed by atoms with Gasteiger partial charge in [0.1, 0.15) is 0 Å². The Morgan fingerprint density at radius 3 is 2.02 bits per heavy atom. The molecule has 5 aliphatic rings. The number of carbonyl (C=O) groups excluding carboxylic acids is 1. The van der Waals surface area contributed by atoms with Gasteiger partial charge in [-0.3, -0.25) is 4.79 Å². The monoisotopic (exact) mass is 700 g/mol. The predicted octanol–water partition coefficient (Wildman–Crippen LogP) is 4.44. The Kier molecular flexibility index (Phi) is 6.48. The molecular weight excluding hydrogens is 679 g/mol. The fourth-order valence-corrected chi connectivity index (χ4v) is 9.48. The number of aromatic nitrogens is 3. The average molecular weight is 702 g/mol. The van der Waals surface area contributed by atoms with Gasteiger partial charge in [0.2, 0.25) is 5.91 Å². The van der Waals surface area contributed by atoms with Crippen molar-refractivity contribution < 1.29 is 13.2 Å². The molecule has 2 fully saturated rings. The topological polar surface area (TPSA) is 103 Å². The first-order valence-electron chi connectivity index (χ1n) is 13.4. The summed E-state index contributed by atoms with van der Waals surface area (Å²) < 4.78 is 33.5. The van der Waals surface area contributed by atoms with E-state index in [1.165, 1.54) is 21.5 Å². The van der Waals surface area contributed by atoms with Crippen LogP contribution in [0.4, 0.5) is 0 Å². The number of alkyl halides is 2. The first-order valence-corrected chi connectivity index (χ1v) is 16.7. The number of piperidine rings is 1. The molecule has 1 saturated carbocycles. The number of hydrogen-bond donors (Lipinski definition) is 0. The highest BCUT2D eigenvalue weighted by molar-refractivity contribution is 9.10. The zero-order valence-corrected chi connectivity index (χ0v) is 26.2. The van der Waals surface area contributed by atoms with E-state index in [9.17, 15) is 22.8 Å². The van der Waals surface area contributed by atoms with E-state index in [2.05, 4.69) is 15.9 Å². The molecular formula is C30H23BrCl2N4O5S. The number of para-hydroxylation sites is 1. The Balaban J connectivity index is 0.000000963. The summed E-state index contributed by atoms with van der Waals surface area (Å²) in [6.07, 6.45) is 3.76. The third-order valence-electron chi connectivity index (χ3n) is 9.20. The molecule has 4 heterocycles. The van der Waals surface area contributed by atoms with Gasteiger partial charge >= 0.3 is 11.4 Å². The number of halogens is 3. The molecule has 0 unspecified atom stereocenters. The van der Waals surface area contributed by atoms with E-state index in [-0.39, 0.29) is 22.7 Å². The lowest BCUT2D eigenvalue weighted by molar-refractivity contribution is -0.127. The molecule has 5 atom stereocenters. The lowest BCUT2D eigenvalue weighted by Crippen LogP contribution is -2.49. The fourth-order valence-electron chi connectivity index (χ4n) is 7.74. The van der Waals surface area contributed by atoms with Crippen molar-refractivity contribution in [3.63, 3.8) is 0 Å². The summed E-state index contributed by atoms with van der Waals surface area (Å²) in [5.41, 5.74) is -1.98. The standard InChI is InChI=1S/C29H21BrN4O5S.CH2Cl2/c30-19-11-13-21(14-12-19)40(38,39)31-17-28-23-16-15-22(24(28)29(28,25(31)35)18-7-3-1-4-8-18)33-26(36)32(27(37)34(23)33)20-9-5-2-6-10-20;2-1-3/h1-16,22-24H,17H2;1H2/t22-,23+,24+,28-,29+;/m0./s1. The van der Waals surface area contributed by atoms with Crippen LogP contribution >= 0.6 is 39.1 Å². The largest absolute Gasteiger partial charge is 0.352 e. The minimum Gasteiger partial charge on any atom is -0.273 e. The summed E-state index contributed by atoms with van der Waals surface area (Å²) in [6.45, 7) is -0.0908. The van der Waals surface area contributed by atoms with Gasteiger partial charge in [0.05, 0.1) is 33.4 Å². The smallest absolute Gasteiger partial charge is 0.273 e. The van der Waals surface area contributed by atoms with Crippen LogP contribution in [0.5, 0.6) is 0 Å². The maximum Gasteiger partial charge on any atom is 0.352 e. The highest BCUT2D eigenvalue weighted by Crippen LogP contribution is 2.83. The molecule has 1 aromatic heterocycles. The molecule has 1 spiro atoms. The second-order valence-electron chi connectivity index (χ2n) is 10.8. The maximum absolute atomic E-state index is 14.5. The first-order chi connectivity index (χ1) is 20.7. The van der Waals surface area contributed by atoms with Gasteiger partial charge < -0.3 is 0 Å². The molecule has 1 amide bonds. The summed E-state index contributed by atoms with van der Waals surface area (Å²) in [7, 11) is -4.18. The Labute approximate surface area is 264 Å².